The van der Waals surface area contributed by atoms with E-state index in [0.29, 0.717) is 17.5 Å². The van der Waals surface area contributed by atoms with Crippen LogP contribution in [0.4, 0.5) is 0 Å². The number of halogens is 1. The summed E-state index contributed by atoms with van der Waals surface area (Å²) in [5.41, 5.74) is 0.304. The Balaban J connectivity index is 0.00000220. The van der Waals surface area contributed by atoms with Gasteiger partial charge in [-0.1, -0.05) is 32.0 Å². The first-order valence-corrected chi connectivity index (χ1v) is 7.47. The van der Waals surface area contributed by atoms with Gasteiger partial charge >= 0.3 is 5.97 Å². The molecular formula is C17H25ClNO2-. The van der Waals surface area contributed by atoms with Crippen molar-refractivity contribution in [1.82, 2.24) is 4.90 Å². The molecule has 2 rings (SSSR count). The minimum atomic E-state index is -0.334. The molecule has 1 aromatic rings. The van der Waals surface area contributed by atoms with Gasteiger partial charge in [0.25, 0.3) is 0 Å². The molecule has 0 aromatic heterocycles. The molecule has 3 nitrogen and oxygen atoms in total. The second-order valence-electron chi connectivity index (χ2n) is 6.07. The highest BCUT2D eigenvalue weighted by Crippen LogP contribution is 2.37. The summed E-state index contributed by atoms with van der Waals surface area (Å²) in [6.45, 7) is 7.47. The molecule has 3 unspecified atom stereocenters. The van der Waals surface area contributed by atoms with E-state index in [1.165, 1.54) is 0 Å². The molecule has 1 aliphatic rings. The summed E-state index contributed by atoms with van der Waals surface area (Å²) in [5, 5.41) is 0. The van der Waals surface area contributed by atoms with Gasteiger partial charge in [-0.2, -0.15) is 0 Å². The molecule has 21 heavy (non-hydrogen) atoms. The first kappa shape index (κ1) is 18.0. The van der Waals surface area contributed by atoms with Gasteiger partial charge in [0.15, 0.2) is 0 Å². The van der Waals surface area contributed by atoms with Gasteiger partial charge in [-0.3, -0.25) is 0 Å². The summed E-state index contributed by atoms with van der Waals surface area (Å²) in [4.78, 5) is 14.7. The fourth-order valence-electron chi connectivity index (χ4n) is 3.16. The standard InChI is InChI=1S/C17H25NO2.ClH/c1-5-17(11-14(3)18(4)12-13(17)2)20-16(19)15-9-7-6-8-10-15;/h6-10,13-14H,5,11-12H2,1-4H3;1H/p-1. The largest absolute Gasteiger partial charge is 1.00 e. The summed E-state index contributed by atoms with van der Waals surface area (Å²) in [5.74, 6) is 0.150. The highest BCUT2D eigenvalue weighted by Gasteiger charge is 2.44. The second-order valence-corrected chi connectivity index (χ2v) is 6.07. The zero-order valence-electron chi connectivity index (χ0n) is 13.3. The Morgan fingerprint density at radius 2 is 1.95 bits per heavy atom. The molecule has 1 fully saturated rings. The van der Waals surface area contributed by atoms with Crippen molar-refractivity contribution < 1.29 is 21.9 Å². The van der Waals surface area contributed by atoms with Crippen LogP contribution in [-0.2, 0) is 4.74 Å². The molecule has 1 heterocycles. The summed E-state index contributed by atoms with van der Waals surface area (Å²) in [6.07, 6.45) is 1.77. The Hall–Kier alpha value is -1.06. The number of esters is 1. The van der Waals surface area contributed by atoms with Gasteiger partial charge in [-0.25, -0.2) is 4.79 Å². The number of hydrogen-bond acceptors (Lipinski definition) is 3. The third-order valence-electron chi connectivity index (χ3n) is 4.76. The van der Waals surface area contributed by atoms with Crippen LogP contribution in [-0.4, -0.2) is 36.1 Å². The van der Waals surface area contributed by atoms with E-state index in [1.807, 2.05) is 30.3 Å². The molecule has 0 saturated carbocycles. The summed E-state index contributed by atoms with van der Waals surface area (Å²) in [7, 11) is 2.14. The quantitative estimate of drug-likeness (QED) is 0.755. The van der Waals surface area contributed by atoms with Crippen LogP contribution >= 0.6 is 0 Å². The number of benzene rings is 1. The predicted molar refractivity (Wildman–Crippen MR) is 80.8 cm³/mol. The fourth-order valence-corrected chi connectivity index (χ4v) is 3.16. The highest BCUT2D eigenvalue weighted by molar-refractivity contribution is 5.89. The molecule has 0 aliphatic carbocycles. The number of ether oxygens (including phenoxy) is 1. The number of nitrogens with zero attached hydrogens (tertiary/aromatic N) is 1. The van der Waals surface area contributed by atoms with Crippen molar-refractivity contribution in [2.24, 2.45) is 5.92 Å². The molecule has 0 spiro atoms. The lowest BCUT2D eigenvalue weighted by molar-refractivity contribution is -0.0954. The van der Waals surface area contributed by atoms with Gasteiger partial charge in [0.2, 0.25) is 0 Å². The first-order chi connectivity index (χ1) is 9.48. The van der Waals surface area contributed by atoms with Gasteiger partial charge in [0.05, 0.1) is 5.56 Å². The molecule has 0 N–H and O–H groups in total. The van der Waals surface area contributed by atoms with Crippen LogP contribution in [0.3, 0.4) is 0 Å². The number of carbonyl (C=O) groups excluding carboxylic acids is 1. The molecule has 0 amide bonds. The average Bonchev–Trinajstić information content (AvgIpc) is 2.45. The Bertz CT molecular complexity index is 465. The van der Waals surface area contributed by atoms with Crippen molar-refractivity contribution >= 4 is 5.97 Å². The molecule has 0 bridgehead atoms. The van der Waals surface area contributed by atoms with Crippen molar-refractivity contribution in [3.8, 4) is 0 Å². The van der Waals surface area contributed by atoms with Gasteiger partial charge in [-0.05, 0) is 32.5 Å². The van der Waals surface area contributed by atoms with Gasteiger partial charge in [-0.15, -0.1) is 0 Å². The third-order valence-corrected chi connectivity index (χ3v) is 4.76. The van der Waals surface area contributed by atoms with E-state index in [0.717, 1.165) is 19.4 Å². The highest BCUT2D eigenvalue weighted by atomic mass is 35.5. The Morgan fingerprint density at radius 3 is 2.52 bits per heavy atom. The summed E-state index contributed by atoms with van der Waals surface area (Å²) < 4.78 is 5.98. The van der Waals surface area contributed by atoms with Crippen molar-refractivity contribution in [3.63, 3.8) is 0 Å². The smallest absolute Gasteiger partial charge is 0.338 e. The van der Waals surface area contributed by atoms with Crippen molar-refractivity contribution in [1.29, 1.82) is 0 Å². The maximum atomic E-state index is 12.4. The normalized spacial score (nSPS) is 29.5. The summed E-state index contributed by atoms with van der Waals surface area (Å²) in [6, 6.07) is 9.72. The molecular weight excluding hydrogens is 286 g/mol. The molecule has 0 radical (unpaired) electrons. The lowest BCUT2D eigenvalue weighted by atomic mass is 9.77. The summed E-state index contributed by atoms with van der Waals surface area (Å²) >= 11 is 0. The molecule has 1 saturated heterocycles. The monoisotopic (exact) mass is 310 g/mol. The van der Waals surface area contributed by atoms with Gasteiger partial charge in [0, 0.05) is 24.9 Å². The van der Waals surface area contributed by atoms with E-state index >= 15 is 0 Å². The Kier molecular flexibility index (Phi) is 6.24. The van der Waals surface area contributed by atoms with E-state index in [9.17, 15) is 4.79 Å². The Morgan fingerprint density at radius 1 is 1.33 bits per heavy atom. The SMILES string of the molecule is CCC1(OC(=O)c2ccccc2)CC(C)N(C)CC1C.[Cl-]. The number of piperidine rings is 1. The van der Waals surface area contributed by atoms with E-state index in [-0.39, 0.29) is 24.0 Å². The number of hydrogen-bond donors (Lipinski definition) is 0. The molecule has 1 aliphatic heterocycles. The molecule has 4 heteroatoms. The maximum Gasteiger partial charge on any atom is 0.338 e. The maximum absolute atomic E-state index is 12.4. The van der Waals surface area contributed by atoms with Gasteiger partial charge < -0.3 is 22.0 Å². The van der Waals surface area contributed by atoms with Crippen LogP contribution in [0.2, 0.25) is 0 Å². The third kappa shape index (κ3) is 3.78. The van der Waals surface area contributed by atoms with Gasteiger partial charge in [0.1, 0.15) is 5.60 Å². The zero-order valence-corrected chi connectivity index (χ0v) is 14.1. The van der Waals surface area contributed by atoms with Crippen molar-refractivity contribution in [2.45, 2.75) is 45.3 Å². The zero-order chi connectivity index (χ0) is 14.8. The van der Waals surface area contributed by atoms with Crippen LogP contribution in [0.5, 0.6) is 0 Å². The first-order valence-electron chi connectivity index (χ1n) is 7.47. The Labute approximate surface area is 134 Å². The number of likely N-dealkylation sites (tertiary alicyclic amines) is 1. The van der Waals surface area contributed by atoms with Crippen molar-refractivity contribution in [3.05, 3.63) is 35.9 Å². The lowest BCUT2D eigenvalue weighted by Gasteiger charge is -2.47. The topological polar surface area (TPSA) is 29.5 Å². The van der Waals surface area contributed by atoms with Crippen molar-refractivity contribution in [2.75, 3.05) is 13.6 Å². The molecule has 118 valence electrons. The predicted octanol–water partition coefficient (Wildman–Crippen LogP) is 0.356. The van der Waals surface area contributed by atoms with Crippen LogP contribution in [0, 0.1) is 5.92 Å². The minimum absolute atomic E-state index is 0. The van der Waals surface area contributed by atoms with E-state index in [2.05, 4.69) is 32.7 Å². The number of carbonyl (C=O) groups is 1. The minimum Gasteiger partial charge on any atom is -1.00 e. The molecule has 1 aromatic carbocycles. The number of rotatable bonds is 3. The molecule has 3 atom stereocenters. The second kappa shape index (κ2) is 7.28. The van der Waals surface area contributed by atoms with E-state index in [4.69, 9.17) is 4.74 Å². The fraction of sp³-hybridized carbons (Fsp3) is 0.588. The van der Waals surface area contributed by atoms with Crippen LogP contribution in [0.15, 0.2) is 30.3 Å². The van der Waals surface area contributed by atoms with Crippen LogP contribution < -0.4 is 12.4 Å². The van der Waals surface area contributed by atoms with Crippen LogP contribution in [0.1, 0.15) is 44.0 Å². The van der Waals surface area contributed by atoms with Crippen LogP contribution in [0.25, 0.3) is 0 Å². The average molecular weight is 311 g/mol. The van der Waals surface area contributed by atoms with E-state index < -0.39 is 0 Å². The lowest BCUT2D eigenvalue weighted by Crippen LogP contribution is -3.00. The van der Waals surface area contributed by atoms with E-state index in [1.54, 1.807) is 0 Å².